The van der Waals surface area contributed by atoms with Gasteiger partial charge in [-0.1, -0.05) is 34.1 Å². The average molecular weight is 314 g/mol. The number of halogens is 1. The number of para-hydroxylation sites is 1. The number of rotatable bonds is 4. The highest BCUT2D eigenvalue weighted by Gasteiger charge is 2.30. The highest BCUT2D eigenvalue weighted by atomic mass is 79.9. The fourth-order valence-corrected chi connectivity index (χ4v) is 2.10. The minimum atomic E-state index is -0.558. The van der Waals surface area contributed by atoms with E-state index in [1.54, 1.807) is 12.0 Å². The van der Waals surface area contributed by atoms with Gasteiger partial charge in [0.05, 0.1) is 17.5 Å². The van der Waals surface area contributed by atoms with Crippen LogP contribution in [0.25, 0.3) is 0 Å². The Morgan fingerprint density at radius 3 is 2.44 bits per heavy atom. The predicted octanol–water partition coefficient (Wildman–Crippen LogP) is 3.39. The maximum absolute atomic E-state index is 12.2. The Bertz CT molecular complexity index is 426. The van der Waals surface area contributed by atoms with Crippen molar-refractivity contribution in [3.05, 3.63) is 29.8 Å². The van der Waals surface area contributed by atoms with Gasteiger partial charge < -0.3 is 9.64 Å². The monoisotopic (exact) mass is 313 g/mol. The van der Waals surface area contributed by atoms with Crippen molar-refractivity contribution in [1.82, 2.24) is 4.90 Å². The summed E-state index contributed by atoms with van der Waals surface area (Å²) in [5.41, 5.74) is 1.01. The number of benzene rings is 1. The summed E-state index contributed by atoms with van der Waals surface area (Å²) in [4.78, 5) is 13.9. The van der Waals surface area contributed by atoms with E-state index in [1.807, 2.05) is 52.1 Å². The molecular formula is C14H20BrNO2. The Hall–Kier alpha value is -1.03. The molecule has 0 fully saturated rings. The summed E-state index contributed by atoms with van der Waals surface area (Å²) < 4.78 is 4.77. The van der Waals surface area contributed by atoms with Crippen molar-refractivity contribution in [2.24, 2.45) is 0 Å². The standard InChI is InChI=1S/C14H20BrNO2/c1-10(16(4)13(17)14(2,3)15)11-8-6-7-9-12(11)18-5/h6-10H,1-5H3. The SMILES string of the molecule is COc1ccccc1C(C)N(C)C(=O)C(C)(C)Br. The Morgan fingerprint density at radius 1 is 1.39 bits per heavy atom. The third-order valence-corrected chi connectivity index (χ3v) is 3.34. The molecule has 1 aromatic rings. The second-order valence-corrected chi connectivity index (χ2v) is 6.79. The first-order chi connectivity index (χ1) is 8.29. The van der Waals surface area contributed by atoms with Gasteiger partial charge in [-0.3, -0.25) is 4.79 Å². The Labute approximate surface area is 117 Å². The Kier molecular flexibility index (Phi) is 4.79. The lowest BCUT2D eigenvalue weighted by Gasteiger charge is -2.31. The summed E-state index contributed by atoms with van der Waals surface area (Å²) >= 11 is 3.40. The second kappa shape index (κ2) is 5.74. The van der Waals surface area contributed by atoms with E-state index in [-0.39, 0.29) is 11.9 Å². The van der Waals surface area contributed by atoms with Crippen LogP contribution in [0.1, 0.15) is 32.4 Å². The van der Waals surface area contributed by atoms with Crippen LogP contribution in [0.4, 0.5) is 0 Å². The molecule has 0 N–H and O–H groups in total. The normalized spacial score (nSPS) is 13.0. The second-order valence-electron chi connectivity index (χ2n) is 4.81. The third-order valence-electron chi connectivity index (χ3n) is 3.00. The van der Waals surface area contributed by atoms with Crippen LogP contribution in [0.2, 0.25) is 0 Å². The predicted molar refractivity (Wildman–Crippen MR) is 77.2 cm³/mol. The number of carbonyl (C=O) groups is 1. The van der Waals surface area contributed by atoms with Crippen molar-refractivity contribution < 1.29 is 9.53 Å². The molecule has 0 aliphatic heterocycles. The van der Waals surface area contributed by atoms with Crippen LogP contribution in [0, 0.1) is 0 Å². The summed E-state index contributed by atoms with van der Waals surface area (Å²) in [6.45, 7) is 5.69. The molecule has 18 heavy (non-hydrogen) atoms. The van der Waals surface area contributed by atoms with Gasteiger partial charge in [-0.2, -0.15) is 0 Å². The van der Waals surface area contributed by atoms with Gasteiger partial charge in [-0.05, 0) is 26.8 Å². The number of nitrogens with zero attached hydrogens (tertiary/aromatic N) is 1. The van der Waals surface area contributed by atoms with Crippen molar-refractivity contribution in [3.8, 4) is 5.75 Å². The summed E-state index contributed by atoms with van der Waals surface area (Å²) in [5, 5.41) is 0. The van der Waals surface area contributed by atoms with E-state index in [1.165, 1.54) is 0 Å². The first-order valence-corrected chi connectivity index (χ1v) is 6.67. The minimum Gasteiger partial charge on any atom is -0.496 e. The van der Waals surface area contributed by atoms with Gasteiger partial charge in [0.2, 0.25) is 5.91 Å². The molecule has 100 valence electrons. The van der Waals surface area contributed by atoms with E-state index in [9.17, 15) is 4.79 Å². The summed E-state index contributed by atoms with van der Waals surface area (Å²) in [6, 6.07) is 7.72. The molecule has 1 amide bonds. The van der Waals surface area contributed by atoms with Crippen LogP contribution in [-0.4, -0.2) is 29.3 Å². The lowest BCUT2D eigenvalue weighted by Crippen LogP contribution is -2.40. The summed E-state index contributed by atoms with van der Waals surface area (Å²) in [6.07, 6.45) is 0. The minimum absolute atomic E-state index is 0.0366. The number of alkyl halides is 1. The molecule has 0 saturated carbocycles. The van der Waals surface area contributed by atoms with E-state index in [4.69, 9.17) is 4.74 Å². The van der Waals surface area contributed by atoms with Crippen LogP contribution < -0.4 is 4.74 Å². The maximum Gasteiger partial charge on any atom is 0.239 e. The number of carbonyl (C=O) groups excluding carboxylic acids is 1. The van der Waals surface area contributed by atoms with Crippen molar-refractivity contribution in [2.75, 3.05) is 14.2 Å². The first kappa shape index (κ1) is 15.0. The zero-order valence-electron chi connectivity index (χ0n) is 11.5. The Balaban J connectivity index is 3.00. The first-order valence-electron chi connectivity index (χ1n) is 5.88. The third kappa shape index (κ3) is 3.25. The van der Waals surface area contributed by atoms with Gasteiger partial charge >= 0.3 is 0 Å². The van der Waals surface area contributed by atoms with E-state index >= 15 is 0 Å². The van der Waals surface area contributed by atoms with Gasteiger partial charge in [0.1, 0.15) is 5.75 Å². The number of amides is 1. The van der Waals surface area contributed by atoms with Crippen molar-refractivity contribution in [3.63, 3.8) is 0 Å². The van der Waals surface area contributed by atoms with Crippen LogP contribution in [0.5, 0.6) is 5.75 Å². The maximum atomic E-state index is 12.2. The van der Waals surface area contributed by atoms with Crippen molar-refractivity contribution in [1.29, 1.82) is 0 Å². The van der Waals surface area contributed by atoms with Gasteiger partial charge in [0.15, 0.2) is 0 Å². The van der Waals surface area contributed by atoms with E-state index < -0.39 is 4.32 Å². The number of hydrogen-bond acceptors (Lipinski definition) is 2. The summed E-state index contributed by atoms with van der Waals surface area (Å²) in [5.74, 6) is 0.845. The molecule has 0 spiro atoms. The van der Waals surface area contributed by atoms with Crippen LogP contribution in [0.15, 0.2) is 24.3 Å². The lowest BCUT2D eigenvalue weighted by molar-refractivity contribution is -0.133. The number of ether oxygens (including phenoxy) is 1. The zero-order valence-corrected chi connectivity index (χ0v) is 13.1. The van der Waals surface area contributed by atoms with Crippen molar-refractivity contribution in [2.45, 2.75) is 31.1 Å². The fraction of sp³-hybridized carbons (Fsp3) is 0.500. The molecule has 0 aliphatic rings. The molecular weight excluding hydrogens is 294 g/mol. The molecule has 0 heterocycles. The molecule has 0 aliphatic carbocycles. The molecule has 4 heteroatoms. The van der Waals surface area contributed by atoms with E-state index in [0.29, 0.717) is 0 Å². The largest absolute Gasteiger partial charge is 0.496 e. The van der Waals surface area contributed by atoms with Gasteiger partial charge in [-0.15, -0.1) is 0 Å². The van der Waals surface area contributed by atoms with Crippen molar-refractivity contribution >= 4 is 21.8 Å². The lowest BCUT2D eigenvalue weighted by atomic mass is 10.0. The molecule has 3 nitrogen and oxygen atoms in total. The molecule has 0 radical (unpaired) electrons. The molecule has 1 rings (SSSR count). The quantitative estimate of drug-likeness (QED) is 0.797. The fourth-order valence-electron chi connectivity index (χ4n) is 1.82. The number of hydrogen-bond donors (Lipinski definition) is 0. The molecule has 1 aromatic carbocycles. The van der Waals surface area contributed by atoms with Crippen LogP contribution in [0.3, 0.4) is 0 Å². The highest BCUT2D eigenvalue weighted by Crippen LogP contribution is 2.30. The molecule has 0 saturated heterocycles. The smallest absolute Gasteiger partial charge is 0.239 e. The molecule has 1 unspecified atom stereocenters. The van der Waals surface area contributed by atoms with Crippen LogP contribution in [-0.2, 0) is 4.79 Å². The topological polar surface area (TPSA) is 29.5 Å². The number of methoxy groups -OCH3 is 1. The van der Waals surface area contributed by atoms with Gasteiger partial charge in [0, 0.05) is 12.6 Å². The van der Waals surface area contributed by atoms with E-state index in [2.05, 4.69) is 15.9 Å². The highest BCUT2D eigenvalue weighted by molar-refractivity contribution is 9.10. The summed E-state index contributed by atoms with van der Waals surface area (Å²) in [7, 11) is 3.45. The zero-order chi connectivity index (χ0) is 13.9. The van der Waals surface area contributed by atoms with Gasteiger partial charge in [-0.25, -0.2) is 0 Å². The molecule has 1 atom stereocenters. The van der Waals surface area contributed by atoms with Gasteiger partial charge in [0.25, 0.3) is 0 Å². The van der Waals surface area contributed by atoms with E-state index in [0.717, 1.165) is 11.3 Å². The Morgan fingerprint density at radius 2 is 1.94 bits per heavy atom. The average Bonchev–Trinajstić information content (AvgIpc) is 2.34. The molecule has 0 aromatic heterocycles. The van der Waals surface area contributed by atoms with Crippen LogP contribution >= 0.6 is 15.9 Å². The molecule has 0 bridgehead atoms.